The second-order valence-corrected chi connectivity index (χ2v) is 5.30. The number of benzene rings is 1. The molecule has 1 saturated heterocycles. The van der Waals surface area contributed by atoms with Crippen LogP contribution in [0.3, 0.4) is 0 Å². The zero-order chi connectivity index (χ0) is 12.4. The van der Waals surface area contributed by atoms with E-state index < -0.39 is 0 Å². The summed E-state index contributed by atoms with van der Waals surface area (Å²) in [6, 6.07) is 4.21. The molecule has 0 aliphatic carbocycles. The summed E-state index contributed by atoms with van der Waals surface area (Å²) in [7, 11) is 4.12. The molecule has 4 nitrogen and oxygen atoms in total. The van der Waals surface area contributed by atoms with Crippen molar-refractivity contribution in [3.8, 4) is 0 Å². The van der Waals surface area contributed by atoms with Gasteiger partial charge in [-0.15, -0.1) is 12.4 Å². The summed E-state index contributed by atoms with van der Waals surface area (Å²) in [4.78, 5) is 2.13. The summed E-state index contributed by atoms with van der Waals surface area (Å²) in [5.41, 5.74) is 3.62. The second kappa shape index (κ2) is 6.61. The average molecular weight is 336 g/mol. The summed E-state index contributed by atoms with van der Waals surface area (Å²) < 4.78 is 1.09. The molecule has 0 spiro atoms. The molecule has 0 saturated carbocycles. The largest absolute Gasteiger partial charge is 0.377 e. The van der Waals surface area contributed by atoms with E-state index in [9.17, 15) is 0 Å². The zero-order valence-electron chi connectivity index (χ0n) is 10.9. The molecule has 0 aromatic heterocycles. The topological polar surface area (TPSA) is 39.3 Å². The molecular formula is C12H20BrClN4. The Bertz CT molecular complexity index is 405. The normalized spacial score (nSPS) is 15.3. The van der Waals surface area contributed by atoms with E-state index in [0.29, 0.717) is 0 Å². The molecule has 1 aromatic carbocycles. The molecule has 0 radical (unpaired) electrons. The van der Waals surface area contributed by atoms with Crippen molar-refractivity contribution in [2.24, 2.45) is 0 Å². The summed E-state index contributed by atoms with van der Waals surface area (Å²) >= 11 is 3.60. The number of hydrogen-bond acceptors (Lipinski definition) is 4. The highest BCUT2D eigenvalue weighted by Gasteiger charge is 2.16. The molecule has 0 atom stereocenters. The van der Waals surface area contributed by atoms with E-state index in [0.717, 1.165) is 23.2 Å². The summed E-state index contributed by atoms with van der Waals surface area (Å²) in [5.74, 6) is 0. The van der Waals surface area contributed by atoms with Gasteiger partial charge >= 0.3 is 0 Å². The van der Waals surface area contributed by atoms with Crippen molar-refractivity contribution < 1.29 is 0 Å². The van der Waals surface area contributed by atoms with E-state index >= 15 is 0 Å². The smallest absolute Gasteiger partial charge is 0.132 e. The Morgan fingerprint density at radius 3 is 2.44 bits per heavy atom. The first kappa shape index (κ1) is 15.6. The molecule has 1 aliphatic rings. The van der Waals surface area contributed by atoms with Crippen LogP contribution >= 0.6 is 28.3 Å². The number of hydrogen-bond donors (Lipinski definition) is 3. The predicted molar refractivity (Wildman–Crippen MR) is 83.9 cm³/mol. The van der Waals surface area contributed by atoms with Crippen LogP contribution in [0.4, 0.5) is 11.4 Å². The summed E-state index contributed by atoms with van der Waals surface area (Å²) in [6.07, 6.45) is 0.155. The van der Waals surface area contributed by atoms with Gasteiger partial charge in [-0.05, 0) is 40.5 Å². The lowest BCUT2D eigenvalue weighted by Gasteiger charge is -2.22. The average Bonchev–Trinajstić information content (AvgIpc) is 2.76. The Labute approximate surface area is 123 Å². The molecule has 1 fully saturated rings. The van der Waals surface area contributed by atoms with Crippen LogP contribution in [0.15, 0.2) is 16.6 Å². The van der Waals surface area contributed by atoms with E-state index in [1.165, 1.54) is 11.3 Å². The Morgan fingerprint density at radius 2 is 1.89 bits per heavy atom. The minimum atomic E-state index is 0. The van der Waals surface area contributed by atoms with Crippen LogP contribution in [0.25, 0.3) is 0 Å². The van der Waals surface area contributed by atoms with Crippen molar-refractivity contribution in [1.82, 2.24) is 10.6 Å². The van der Waals surface area contributed by atoms with Crippen molar-refractivity contribution >= 4 is 39.7 Å². The number of nitrogens with zero attached hydrogens (tertiary/aromatic N) is 1. The van der Waals surface area contributed by atoms with Gasteiger partial charge in [0.2, 0.25) is 0 Å². The Kier molecular flexibility index (Phi) is 5.72. The van der Waals surface area contributed by atoms with Crippen molar-refractivity contribution in [3.05, 3.63) is 22.2 Å². The number of nitrogens with one attached hydrogen (secondary N) is 3. The van der Waals surface area contributed by atoms with Gasteiger partial charge in [0.25, 0.3) is 0 Å². The third-order valence-corrected chi connectivity index (χ3v) is 3.64. The van der Waals surface area contributed by atoms with E-state index in [2.05, 4.69) is 69.9 Å². The Morgan fingerprint density at radius 1 is 1.28 bits per heavy atom. The molecule has 18 heavy (non-hydrogen) atoms. The Hall–Kier alpha value is -0.490. The van der Waals surface area contributed by atoms with Gasteiger partial charge < -0.3 is 10.2 Å². The van der Waals surface area contributed by atoms with Crippen molar-refractivity contribution in [2.45, 2.75) is 13.2 Å². The van der Waals surface area contributed by atoms with Crippen LogP contribution in [0.5, 0.6) is 0 Å². The standard InChI is InChI=1S/C12H19BrN4.ClH/c1-8-10(17(2)3)5-4-9(13)11(8)16-12-14-6-7-15-12;/h4-5,12,14-16H,6-7H2,1-3H3;1H. The fourth-order valence-electron chi connectivity index (χ4n) is 2.08. The van der Waals surface area contributed by atoms with Gasteiger partial charge in [0.1, 0.15) is 6.29 Å². The third-order valence-electron chi connectivity index (χ3n) is 2.98. The van der Waals surface area contributed by atoms with Gasteiger partial charge in [-0.25, -0.2) is 0 Å². The molecule has 0 bridgehead atoms. The van der Waals surface area contributed by atoms with Crippen molar-refractivity contribution in [2.75, 3.05) is 37.4 Å². The fourth-order valence-corrected chi connectivity index (χ4v) is 2.62. The zero-order valence-corrected chi connectivity index (χ0v) is 13.3. The molecule has 1 aromatic rings. The Balaban J connectivity index is 0.00000162. The van der Waals surface area contributed by atoms with E-state index in [4.69, 9.17) is 0 Å². The molecule has 2 rings (SSSR count). The fraction of sp³-hybridized carbons (Fsp3) is 0.500. The van der Waals surface area contributed by atoms with Crippen molar-refractivity contribution in [1.29, 1.82) is 0 Å². The maximum Gasteiger partial charge on any atom is 0.132 e. The lowest BCUT2D eigenvalue weighted by Crippen LogP contribution is -2.39. The van der Waals surface area contributed by atoms with Crippen LogP contribution in [-0.2, 0) is 0 Å². The van der Waals surface area contributed by atoms with Gasteiger partial charge in [-0.3, -0.25) is 10.6 Å². The van der Waals surface area contributed by atoms with Crippen LogP contribution in [0.1, 0.15) is 5.56 Å². The van der Waals surface area contributed by atoms with Gasteiger partial charge in [0.15, 0.2) is 0 Å². The molecule has 6 heteroatoms. The first-order chi connectivity index (χ1) is 8.09. The number of halogens is 2. The molecule has 0 unspecified atom stereocenters. The highest BCUT2D eigenvalue weighted by molar-refractivity contribution is 9.10. The molecule has 3 N–H and O–H groups in total. The molecule has 102 valence electrons. The maximum atomic E-state index is 3.60. The molecule has 1 aliphatic heterocycles. The van der Waals surface area contributed by atoms with Crippen LogP contribution < -0.4 is 20.9 Å². The molecule has 1 heterocycles. The summed E-state index contributed by atoms with van der Waals surface area (Å²) in [6.45, 7) is 4.14. The highest BCUT2D eigenvalue weighted by atomic mass is 79.9. The lowest BCUT2D eigenvalue weighted by molar-refractivity contribution is 0.619. The van der Waals surface area contributed by atoms with Crippen LogP contribution in [-0.4, -0.2) is 33.5 Å². The van der Waals surface area contributed by atoms with E-state index in [1.54, 1.807) is 0 Å². The van der Waals surface area contributed by atoms with Gasteiger partial charge in [0.05, 0.1) is 5.69 Å². The number of rotatable bonds is 3. The van der Waals surface area contributed by atoms with E-state index in [-0.39, 0.29) is 18.7 Å². The lowest BCUT2D eigenvalue weighted by atomic mass is 10.1. The third kappa shape index (κ3) is 3.29. The first-order valence-electron chi connectivity index (χ1n) is 5.79. The maximum absolute atomic E-state index is 3.60. The number of anilines is 2. The SMILES string of the molecule is Cc1c(N(C)C)ccc(Br)c1NC1NCCN1.Cl. The first-order valence-corrected chi connectivity index (χ1v) is 6.58. The second-order valence-electron chi connectivity index (χ2n) is 4.45. The van der Waals surface area contributed by atoms with E-state index in [1.807, 2.05) is 0 Å². The van der Waals surface area contributed by atoms with Crippen molar-refractivity contribution in [3.63, 3.8) is 0 Å². The molecule has 0 amide bonds. The monoisotopic (exact) mass is 334 g/mol. The highest BCUT2D eigenvalue weighted by Crippen LogP contribution is 2.33. The minimum Gasteiger partial charge on any atom is -0.377 e. The minimum absolute atomic E-state index is 0. The van der Waals surface area contributed by atoms with Gasteiger partial charge in [0, 0.05) is 37.3 Å². The quantitative estimate of drug-likeness (QED) is 0.791. The van der Waals surface area contributed by atoms with Gasteiger partial charge in [-0.2, -0.15) is 0 Å². The predicted octanol–water partition coefficient (Wildman–Crippen LogP) is 2.13. The summed E-state index contributed by atoms with van der Waals surface area (Å²) in [5, 5.41) is 10.2. The van der Waals surface area contributed by atoms with Gasteiger partial charge in [-0.1, -0.05) is 0 Å². The van der Waals surface area contributed by atoms with Crippen LogP contribution in [0, 0.1) is 6.92 Å². The van der Waals surface area contributed by atoms with Crippen LogP contribution in [0.2, 0.25) is 0 Å². The molecular weight excluding hydrogens is 316 g/mol.